The molecule has 0 saturated heterocycles. The molecule has 5 unspecified atom stereocenters. The molecule has 1 fully saturated rings. The second kappa shape index (κ2) is 3.31. The highest BCUT2D eigenvalue weighted by atomic mass is 32.2. The highest BCUT2D eigenvalue weighted by molar-refractivity contribution is 8.04. The van der Waals surface area contributed by atoms with E-state index in [-0.39, 0.29) is 0 Å². The van der Waals surface area contributed by atoms with Crippen molar-refractivity contribution in [2.45, 2.75) is 52.7 Å². The Morgan fingerprint density at radius 1 is 1.00 bits per heavy atom. The van der Waals surface area contributed by atoms with Crippen LogP contribution in [0.25, 0.3) is 0 Å². The molecule has 0 radical (unpaired) electrons. The van der Waals surface area contributed by atoms with Crippen LogP contribution < -0.4 is 0 Å². The molecule has 0 amide bonds. The molecule has 16 heavy (non-hydrogen) atoms. The normalized spacial score (nSPS) is 49.7. The van der Waals surface area contributed by atoms with Gasteiger partial charge in [-0.1, -0.05) is 40.2 Å². The summed E-state index contributed by atoms with van der Waals surface area (Å²) < 4.78 is 0. The Bertz CT molecular complexity index is 352. The second-order valence-corrected chi connectivity index (χ2v) is 8.42. The summed E-state index contributed by atoms with van der Waals surface area (Å²) in [7, 11) is 0. The van der Waals surface area contributed by atoms with Gasteiger partial charge < -0.3 is 0 Å². The Kier molecular flexibility index (Phi) is 2.32. The Hall–Kier alpha value is 0.0900. The summed E-state index contributed by atoms with van der Waals surface area (Å²) in [6.07, 6.45) is 2.73. The third-order valence-corrected chi connectivity index (χ3v) is 7.13. The predicted molar refractivity (Wildman–Crippen MR) is 72.4 cm³/mol. The number of fused-ring (bicyclic) bond motifs is 2. The van der Waals surface area contributed by atoms with Gasteiger partial charge in [0.05, 0.1) is 0 Å². The van der Waals surface area contributed by atoms with Gasteiger partial charge in [-0.2, -0.15) is 0 Å². The van der Waals surface area contributed by atoms with Crippen LogP contribution in [0, 0.1) is 29.1 Å². The van der Waals surface area contributed by atoms with Gasteiger partial charge in [0.15, 0.2) is 0 Å². The Morgan fingerprint density at radius 3 is 2.38 bits per heavy atom. The maximum atomic E-state index is 2.49. The molecule has 0 N–H and O–H groups in total. The largest absolute Gasteiger partial charge is 0.126 e. The predicted octanol–water partition coefficient (Wildman–Crippen LogP) is 4.71. The molecule has 0 bridgehead atoms. The van der Waals surface area contributed by atoms with Crippen LogP contribution in [-0.4, -0.2) is 5.25 Å². The maximum absolute atomic E-state index is 2.49. The molecule has 0 aromatic rings. The first kappa shape index (κ1) is 11.2. The maximum Gasteiger partial charge on any atom is 0.0188 e. The fourth-order valence-corrected chi connectivity index (χ4v) is 6.42. The number of hydrogen-bond acceptors (Lipinski definition) is 1. The first-order valence-electron chi connectivity index (χ1n) is 6.79. The van der Waals surface area contributed by atoms with E-state index in [4.69, 9.17) is 0 Å². The van der Waals surface area contributed by atoms with Crippen LogP contribution in [0.3, 0.4) is 0 Å². The number of rotatable bonds is 0. The van der Waals surface area contributed by atoms with Crippen molar-refractivity contribution in [3.05, 3.63) is 10.5 Å². The van der Waals surface area contributed by atoms with Crippen LogP contribution in [0.5, 0.6) is 0 Å². The molecule has 0 aromatic heterocycles. The van der Waals surface area contributed by atoms with Gasteiger partial charge in [0.2, 0.25) is 0 Å². The monoisotopic (exact) mass is 236 g/mol. The number of thioether (sulfide) groups is 1. The number of hydrogen-bond donors (Lipinski definition) is 0. The topological polar surface area (TPSA) is 0 Å². The molecule has 0 aromatic carbocycles. The highest BCUT2D eigenvalue weighted by Crippen LogP contribution is 2.64. The minimum atomic E-state index is 0.553. The molecule has 1 saturated carbocycles. The third kappa shape index (κ3) is 1.36. The fraction of sp³-hybridized carbons (Fsp3) is 0.867. The van der Waals surface area contributed by atoms with Gasteiger partial charge in [-0.15, -0.1) is 11.8 Å². The van der Waals surface area contributed by atoms with Gasteiger partial charge in [-0.05, 0) is 46.8 Å². The first-order chi connectivity index (χ1) is 7.41. The molecular weight excluding hydrogens is 212 g/mol. The van der Waals surface area contributed by atoms with E-state index < -0.39 is 0 Å². The summed E-state index contributed by atoms with van der Waals surface area (Å²) in [4.78, 5) is 1.78. The first-order valence-corrected chi connectivity index (χ1v) is 7.67. The van der Waals surface area contributed by atoms with Gasteiger partial charge in [0, 0.05) is 5.25 Å². The number of allylic oxidation sites excluding steroid dienone is 2. The summed E-state index contributed by atoms with van der Waals surface area (Å²) in [6.45, 7) is 12.3. The molecule has 1 aliphatic heterocycles. The zero-order valence-electron chi connectivity index (χ0n) is 11.2. The molecule has 90 valence electrons. The van der Waals surface area contributed by atoms with Crippen LogP contribution in [0.15, 0.2) is 10.5 Å². The lowest BCUT2D eigenvalue weighted by molar-refractivity contribution is 0.340. The second-order valence-electron chi connectivity index (χ2n) is 7.15. The zero-order valence-corrected chi connectivity index (χ0v) is 12.0. The molecule has 0 nitrogen and oxygen atoms in total. The van der Waals surface area contributed by atoms with Crippen molar-refractivity contribution in [2.75, 3.05) is 0 Å². The van der Waals surface area contributed by atoms with Crippen molar-refractivity contribution in [1.29, 1.82) is 0 Å². The fourth-order valence-electron chi connectivity index (χ4n) is 4.24. The molecule has 2 aliphatic carbocycles. The van der Waals surface area contributed by atoms with E-state index in [9.17, 15) is 0 Å². The average molecular weight is 236 g/mol. The third-order valence-electron chi connectivity index (χ3n) is 5.44. The van der Waals surface area contributed by atoms with Gasteiger partial charge >= 0.3 is 0 Å². The van der Waals surface area contributed by atoms with Crippen LogP contribution in [0.4, 0.5) is 0 Å². The SMILES string of the molecule is CC1C(C)C2SC3=C(CC(C)(C)C3)C2C1C. The summed E-state index contributed by atoms with van der Waals surface area (Å²) in [6, 6.07) is 0. The van der Waals surface area contributed by atoms with Crippen molar-refractivity contribution in [1.82, 2.24) is 0 Å². The van der Waals surface area contributed by atoms with Crippen molar-refractivity contribution >= 4 is 11.8 Å². The molecular formula is C15H24S. The Labute approximate surface area is 104 Å². The summed E-state index contributed by atoms with van der Waals surface area (Å²) in [5, 5.41) is 0.922. The van der Waals surface area contributed by atoms with Gasteiger partial charge in [-0.25, -0.2) is 0 Å². The van der Waals surface area contributed by atoms with Gasteiger partial charge in [-0.3, -0.25) is 0 Å². The lowest BCUT2D eigenvalue weighted by Gasteiger charge is -2.25. The zero-order chi connectivity index (χ0) is 11.7. The van der Waals surface area contributed by atoms with Crippen LogP contribution in [-0.2, 0) is 0 Å². The molecule has 3 aliphatic rings. The van der Waals surface area contributed by atoms with Crippen molar-refractivity contribution in [2.24, 2.45) is 29.1 Å². The van der Waals surface area contributed by atoms with E-state index in [1.54, 1.807) is 4.91 Å². The summed E-state index contributed by atoms with van der Waals surface area (Å²) in [5.74, 6) is 3.67. The molecule has 1 heterocycles. The molecule has 1 heteroatoms. The lowest BCUT2D eigenvalue weighted by Crippen LogP contribution is -2.19. The van der Waals surface area contributed by atoms with E-state index in [0.29, 0.717) is 5.41 Å². The van der Waals surface area contributed by atoms with E-state index in [1.807, 2.05) is 5.57 Å². The van der Waals surface area contributed by atoms with Crippen LogP contribution in [0.1, 0.15) is 47.5 Å². The molecule has 5 atom stereocenters. The van der Waals surface area contributed by atoms with Crippen molar-refractivity contribution < 1.29 is 0 Å². The highest BCUT2D eigenvalue weighted by Gasteiger charge is 2.53. The van der Waals surface area contributed by atoms with E-state index >= 15 is 0 Å². The smallest absolute Gasteiger partial charge is 0.0188 e. The standard InChI is InChI=1S/C15H24S/c1-8-9(2)13-11-6-15(4,5)7-12(11)16-14(13)10(8)3/h8-10,13-14H,6-7H2,1-5H3. The Balaban J connectivity index is 1.91. The Morgan fingerprint density at radius 2 is 1.69 bits per heavy atom. The van der Waals surface area contributed by atoms with Gasteiger partial charge in [0.1, 0.15) is 0 Å². The minimum Gasteiger partial charge on any atom is -0.126 e. The quantitative estimate of drug-likeness (QED) is 0.587. The van der Waals surface area contributed by atoms with E-state index in [0.717, 1.165) is 28.9 Å². The van der Waals surface area contributed by atoms with E-state index in [2.05, 4.69) is 46.4 Å². The van der Waals surface area contributed by atoms with Crippen molar-refractivity contribution in [3.8, 4) is 0 Å². The van der Waals surface area contributed by atoms with Crippen molar-refractivity contribution in [3.63, 3.8) is 0 Å². The summed E-state index contributed by atoms with van der Waals surface area (Å²) >= 11 is 2.25. The minimum absolute atomic E-state index is 0.553. The average Bonchev–Trinajstić information content (AvgIpc) is 2.71. The van der Waals surface area contributed by atoms with Crippen LogP contribution in [0.2, 0.25) is 0 Å². The van der Waals surface area contributed by atoms with Gasteiger partial charge in [0.25, 0.3) is 0 Å². The lowest BCUT2D eigenvalue weighted by atomic mass is 9.82. The van der Waals surface area contributed by atoms with Crippen LogP contribution >= 0.6 is 11.8 Å². The summed E-state index contributed by atoms with van der Waals surface area (Å²) in [5.41, 5.74) is 2.42. The van der Waals surface area contributed by atoms with E-state index in [1.165, 1.54) is 12.8 Å². The molecule has 0 spiro atoms. The molecule has 3 rings (SSSR count).